The maximum atomic E-state index is 11.4. The van der Waals surface area contributed by atoms with Gasteiger partial charge in [0.15, 0.2) is 0 Å². The Hall–Kier alpha value is -1.26. The first-order valence-electron chi connectivity index (χ1n) is 6.03. The average Bonchev–Trinajstić information content (AvgIpc) is 2.28. The zero-order valence-corrected chi connectivity index (χ0v) is 9.84. The van der Waals surface area contributed by atoms with Gasteiger partial charge in [-0.1, -0.05) is 19.8 Å². The van der Waals surface area contributed by atoms with Gasteiger partial charge in [-0.3, -0.25) is 4.79 Å². The molecule has 0 aromatic heterocycles. The molecule has 3 amide bonds. The van der Waals surface area contributed by atoms with Crippen LogP contribution in [-0.4, -0.2) is 31.1 Å². The maximum Gasteiger partial charge on any atom is 0.315 e. The minimum absolute atomic E-state index is 0.0707. The number of nitrogens with one attached hydrogen (secondary N) is 3. The molecule has 0 radical (unpaired) electrons. The van der Waals surface area contributed by atoms with E-state index in [0.717, 1.165) is 32.2 Å². The number of hydrogen-bond acceptors (Lipinski definition) is 2. The van der Waals surface area contributed by atoms with Crippen LogP contribution in [-0.2, 0) is 4.79 Å². The van der Waals surface area contributed by atoms with Crippen LogP contribution in [0.15, 0.2) is 0 Å². The third-order valence-corrected chi connectivity index (χ3v) is 2.67. The number of unbranched alkanes of at least 4 members (excludes halogenated alkanes) is 2. The van der Waals surface area contributed by atoms with Crippen molar-refractivity contribution in [1.29, 1.82) is 0 Å². The van der Waals surface area contributed by atoms with Gasteiger partial charge in [0.1, 0.15) is 0 Å². The summed E-state index contributed by atoms with van der Waals surface area (Å²) < 4.78 is 0. The summed E-state index contributed by atoms with van der Waals surface area (Å²) in [4.78, 5) is 22.3. The highest BCUT2D eigenvalue weighted by atomic mass is 16.2. The number of piperidine rings is 1. The van der Waals surface area contributed by atoms with E-state index in [1.54, 1.807) is 0 Å². The van der Waals surface area contributed by atoms with E-state index in [1.165, 1.54) is 0 Å². The van der Waals surface area contributed by atoms with Crippen LogP contribution in [0.2, 0.25) is 0 Å². The number of carbonyl (C=O) groups excluding carboxylic acids is 2. The van der Waals surface area contributed by atoms with E-state index >= 15 is 0 Å². The van der Waals surface area contributed by atoms with Gasteiger partial charge in [0.2, 0.25) is 5.91 Å². The van der Waals surface area contributed by atoms with Crippen LogP contribution >= 0.6 is 0 Å². The molecule has 1 fully saturated rings. The zero-order valence-electron chi connectivity index (χ0n) is 9.84. The van der Waals surface area contributed by atoms with E-state index < -0.39 is 0 Å². The molecule has 0 bridgehead atoms. The zero-order chi connectivity index (χ0) is 11.8. The summed E-state index contributed by atoms with van der Waals surface area (Å²) in [7, 11) is 0. The Kier molecular flexibility index (Phi) is 5.67. The normalized spacial score (nSPS) is 20.1. The number of urea groups is 1. The lowest BCUT2D eigenvalue weighted by atomic mass is 10.1. The Balaban J connectivity index is 2.07. The standard InChI is InChI=1S/C11H21N3O2/c1-2-3-4-7-12-11(16)14-9-5-6-10(15)13-8-9/h9H,2-8H2,1H3,(H,13,15)(H2,12,14,16)/t9-/m0/s1. The van der Waals surface area contributed by atoms with Crippen LogP contribution < -0.4 is 16.0 Å². The Bertz CT molecular complexity index is 233. The highest BCUT2D eigenvalue weighted by Crippen LogP contribution is 2.02. The minimum Gasteiger partial charge on any atom is -0.354 e. The van der Waals surface area contributed by atoms with Gasteiger partial charge >= 0.3 is 6.03 Å². The first-order valence-corrected chi connectivity index (χ1v) is 6.03. The van der Waals surface area contributed by atoms with Gasteiger partial charge in [0.25, 0.3) is 0 Å². The number of amides is 3. The molecule has 5 heteroatoms. The van der Waals surface area contributed by atoms with Crippen molar-refractivity contribution in [3.63, 3.8) is 0 Å². The molecule has 0 spiro atoms. The van der Waals surface area contributed by atoms with E-state index in [9.17, 15) is 9.59 Å². The van der Waals surface area contributed by atoms with E-state index in [2.05, 4.69) is 22.9 Å². The lowest BCUT2D eigenvalue weighted by Gasteiger charge is -2.23. The number of hydrogen-bond donors (Lipinski definition) is 3. The first-order chi connectivity index (χ1) is 7.72. The summed E-state index contributed by atoms with van der Waals surface area (Å²) in [5, 5.41) is 8.40. The molecule has 92 valence electrons. The van der Waals surface area contributed by atoms with Gasteiger partial charge in [-0.2, -0.15) is 0 Å². The molecule has 1 aliphatic heterocycles. The fourth-order valence-electron chi connectivity index (χ4n) is 1.67. The van der Waals surface area contributed by atoms with Crippen molar-refractivity contribution in [2.24, 2.45) is 0 Å². The highest BCUT2D eigenvalue weighted by molar-refractivity contribution is 5.78. The van der Waals surface area contributed by atoms with Gasteiger partial charge < -0.3 is 16.0 Å². The summed E-state index contributed by atoms with van der Waals surface area (Å²) in [5.74, 6) is 0.0707. The molecule has 16 heavy (non-hydrogen) atoms. The Morgan fingerprint density at radius 3 is 2.94 bits per heavy atom. The van der Waals surface area contributed by atoms with E-state index in [-0.39, 0.29) is 18.0 Å². The van der Waals surface area contributed by atoms with Crippen molar-refractivity contribution in [3.05, 3.63) is 0 Å². The summed E-state index contributed by atoms with van der Waals surface area (Å²) in [6.45, 7) is 3.39. The fourth-order valence-corrected chi connectivity index (χ4v) is 1.67. The van der Waals surface area contributed by atoms with Gasteiger partial charge in [0.05, 0.1) is 0 Å². The molecule has 0 unspecified atom stereocenters. The molecule has 0 aromatic carbocycles. The van der Waals surface area contributed by atoms with E-state index in [4.69, 9.17) is 0 Å². The van der Waals surface area contributed by atoms with Gasteiger partial charge in [-0.25, -0.2) is 4.79 Å². The second-order valence-corrected chi connectivity index (χ2v) is 4.15. The van der Waals surface area contributed by atoms with Gasteiger partial charge in [0, 0.05) is 25.6 Å². The molecule has 5 nitrogen and oxygen atoms in total. The topological polar surface area (TPSA) is 70.2 Å². The molecule has 1 rings (SSSR count). The van der Waals surface area contributed by atoms with Gasteiger partial charge in [-0.15, -0.1) is 0 Å². The van der Waals surface area contributed by atoms with Gasteiger partial charge in [-0.05, 0) is 12.8 Å². The smallest absolute Gasteiger partial charge is 0.315 e. The molecule has 0 saturated carbocycles. The highest BCUT2D eigenvalue weighted by Gasteiger charge is 2.18. The molecular weight excluding hydrogens is 206 g/mol. The van der Waals surface area contributed by atoms with Crippen LogP contribution in [0.3, 0.4) is 0 Å². The van der Waals surface area contributed by atoms with Crippen LogP contribution in [0.4, 0.5) is 4.79 Å². The third-order valence-electron chi connectivity index (χ3n) is 2.67. The monoisotopic (exact) mass is 227 g/mol. The van der Waals surface area contributed by atoms with Crippen molar-refractivity contribution in [2.45, 2.75) is 45.1 Å². The third kappa shape index (κ3) is 5.00. The van der Waals surface area contributed by atoms with Crippen molar-refractivity contribution < 1.29 is 9.59 Å². The number of carbonyl (C=O) groups is 2. The molecule has 0 aromatic rings. The lowest BCUT2D eigenvalue weighted by Crippen LogP contribution is -2.50. The molecule has 1 aliphatic rings. The molecule has 1 atom stereocenters. The van der Waals surface area contributed by atoms with Crippen molar-refractivity contribution in [1.82, 2.24) is 16.0 Å². The molecule has 0 aliphatic carbocycles. The van der Waals surface area contributed by atoms with Crippen LogP contribution in [0.1, 0.15) is 39.0 Å². The SMILES string of the molecule is CCCCCNC(=O)N[C@H]1CCC(=O)NC1. The minimum atomic E-state index is -0.128. The second kappa shape index (κ2) is 7.09. The van der Waals surface area contributed by atoms with Crippen molar-refractivity contribution in [3.8, 4) is 0 Å². The predicted molar refractivity (Wildman–Crippen MR) is 62.1 cm³/mol. The van der Waals surface area contributed by atoms with E-state index in [1.807, 2.05) is 0 Å². The largest absolute Gasteiger partial charge is 0.354 e. The summed E-state index contributed by atoms with van der Waals surface area (Å²) >= 11 is 0. The Morgan fingerprint density at radius 2 is 2.31 bits per heavy atom. The summed E-state index contributed by atoms with van der Waals surface area (Å²) in [6.07, 6.45) is 4.54. The first kappa shape index (κ1) is 12.8. The average molecular weight is 227 g/mol. The predicted octanol–water partition coefficient (Wildman–Crippen LogP) is 0.754. The number of rotatable bonds is 5. The maximum absolute atomic E-state index is 11.4. The summed E-state index contributed by atoms with van der Waals surface area (Å²) in [6, 6.07) is -0.0545. The van der Waals surface area contributed by atoms with Crippen molar-refractivity contribution in [2.75, 3.05) is 13.1 Å². The fraction of sp³-hybridized carbons (Fsp3) is 0.818. The molecule has 3 N–H and O–H groups in total. The Labute approximate surface area is 96.4 Å². The summed E-state index contributed by atoms with van der Waals surface area (Å²) in [5.41, 5.74) is 0. The molecular formula is C11H21N3O2. The quantitative estimate of drug-likeness (QED) is 0.607. The van der Waals surface area contributed by atoms with Crippen molar-refractivity contribution >= 4 is 11.9 Å². The molecule has 1 saturated heterocycles. The van der Waals surface area contributed by atoms with E-state index in [0.29, 0.717) is 13.0 Å². The molecule has 1 heterocycles. The van der Waals surface area contributed by atoms with Crippen LogP contribution in [0, 0.1) is 0 Å². The van der Waals surface area contributed by atoms with Crippen LogP contribution in [0.25, 0.3) is 0 Å². The lowest BCUT2D eigenvalue weighted by molar-refractivity contribution is -0.122. The second-order valence-electron chi connectivity index (χ2n) is 4.15. The Morgan fingerprint density at radius 1 is 1.50 bits per heavy atom. The van der Waals surface area contributed by atoms with Crippen LogP contribution in [0.5, 0.6) is 0 Å².